The molecule has 0 fully saturated rings. The molecule has 0 spiro atoms. The summed E-state index contributed by atoms with van der Waals surface area (Å²) in [5.41, 5.74) is 5.71. The van der Waals surface area contributed by atoms with Crippen molar-refractivity contribution in [3.8, 4) is 0 Å². The molecule has 0 unspecified atom stereocenters. The summed E-state index contributed by atoms with van der Waals surface area (Å²) in [4.78, 5) is 22.0. The van der Waals surface area contributed by atoms with Crippen molar-refractivity contribution in [2.45, 2.75) is 52.9 Å². The zero-order chi connectivity index (χ0) is 12.3. The zero-order valence-corrected chi connectivity index (χ0v) is 10.4. The first-order chi connectivity index (χ1) is 7.33. The summed E-state index contributed by atoms with van der Waals surface area (Å²) < 4.78 is 0. The first-order valence-corrected chi connectivity index (χ1v) is 5.90. The lowest BCUT2D eigenvalue weighted by atomic mass is 9.89. The summed E-state index contributed by atoms with van der Waals surface area (Å²) >= 11 is 0. The average molecular weight is 223 g/mol. The number of anilines is 1. The van der Waals surface area contributed by atoms with E-state index < -0.39 is 5.43 Å². The molecule has 0 saturated carbocycles. The molecule has 1 rings (SSSR count). The molecule has 2 N–H and O–H groups in total. The van der Waals surface area contributed by atoms with E-state index in [0.717, 1.165) is 12.8 Å². The standard InChI is InChI=1S/C13H21NO2/c1-13(2,3)8-6-4-5-7-9-10(14)12(16)11(9)15/h4-8,14H2,1-3H3. The molecule has 0 heterocycles. The number of rotatable bonds is 5. The highest BCUT2D eigenvalue weighted by Crippen LogP contribution is 2.22. The van der Waals surface area contributed by atoms with Crippen LogP contribution < -0.4 is 16.6 Å². The number of hydrogen-bond acceptors (Lipinski definition) is 3. The Morgan fingerprint density at radius 2 is 1.62 bits per heavy atom. The van der Waals surface area contributed by atoms with Gasteiger partial charge < -0.3 is 5.73 Å². The van der Waals surface area contributed by atoms with Gasteiger partial charge in [-0.2, -0.15) is 0 Å². The Kier molecular flexibility index (Phi) is 3.89. The van der Waals surface area contributed by atoms with Gasteiger partial charge in [0.25, 0.3) is 0 Å². The van der Waals surface area contributed by atoms with Crippen LogP contribution in [0.3, 0.4) is 0 Å². The fourth-order valence-corrected chi connectivity index (χ4v) is 1.84. The molecule has 3 nitrogen and oxygen atoms in total. The molecule has 0 amide bonds. The van der Waals surface area contributed by atoms with Crippen LogP contribution in [0, 0.1) is 5.41 Å². The number of unbranched alkanes of at least 4 members (excludes halogenated alkanes) is 2. The van der Waals surface area contributed by atoms with Gasteiger partial charge in [0.05, 0.1) is 5.69 Å². The van der Waals surface area contributed by atoms with E-state index in [1.165, 1.54) is 12.8 Å². The molecular weight excluding hydrogens is 202 g/mol. The van der Waals surface area contributed by atoms with Crippen molar-refractivity contribution in [2.75, 3.05) is 5.73 Å². The number of nitrogen functional groups attached to an aromatic ring is 1. The molecule has 0 radical (unpaired) electrons. The van der Waals surface area contributed by atoms with Crippen LogP contribution in [-0.2, 0) is 6.42 Å². The molecule has 0 aliphatic rings. The maximum Gasteiger partial charge on any atom is 0.249 e. The largest absolute Gasteiger partial charge is 0.395 e. The second-order valence-corrected chi connectivity index (χ2v) is 5.67. The van der Waals surface area contributed by atoms with Crippen LogP contribution in [0.5, 0.6) is 0 Å². The Balaban J connectivity index is 2.23. The maximum atomic E-state index is 11.1. The van der Waals surface area contributed by atoms with Crippen molar-refractivity contribution in [2.24, 2.45) is 5.41 Å². The Morgan fingerprint density at radius 1 is 1.00 bits per heavy atom. The fraction of sp³-hybridized carbons (Fsp3) is 0.692. The molecule has 3 heteroatoms. The third-order valence-electron chi connectivity index (χ3n) is 2.90. The summed E-state index contributed by atoms with van der Waals surface area (Å²) in [6.07, 6.45) is 5.06. The van der Waals surface area contributed by atoms with Gasteiger partial charge in [-0.05, 0) is 24.7 Å². The molecule has 1 aromatic carbocycles. The predicted octanol–water partition coefficient (Wildman–Crippen LogP) is 2.01. The lowest BCUT2D eigenvalue weighted by molar-refractivity contribution is 0.358. The molecule has 0 aliphatic carbocycles. The number of hydrogen-bond donors (Lipinski definition) is 1. The summed E-state index contributed by atoms with van der Waals surface area (Å²) in [7, 11) is 0. The second kappa shape index (κ2) is 4.81. The minimum atomic E-state index is -0.496. The third-order valence-corrected chi connectivity index (χ3v) is 2.90. The second-order valence-electron chi connectivity index (χ2n) is 5.67. The van der Waals surface area contributed by atoms with Gasteiger partial charge >= 0.3 is 0 Å². The Morgan fingerprint density at radius 3 is 2.12 bits per heavy atom. The highest BCUT2D eigenvalue weighted by Gasteiger charge is 2.16. The monoisotopic (exact) mass is 223 g/mol. The van der Waals surface area contributed by atoms with E-state index in [0.29, 0.717) is 17.4 Å². The van der Waals surface area contributed by atoms with Crippen LogP contribution in [0.4, 0.5) is 5.69 Å². The van der Waals surface area contributed by atoms with E-state index in [4.69, 9.17) is 5.73 Å². The van der Waals surface area contributed by atoms with Crippen LogP contribution in [0.25, 0.3) is 0 Å². The van der Waals surface area contributed by atoms with Crippen molar-refractivity contribution in [3.05, 3.63) is 26.0 Å². The SMILES string of the molecule is CC(C)(C)CCCCCc1c(N)c(=O)c1=O. The van der Waals surface area contributed by atoms with Gasteiger partial charge in [0.15, 0.2) is 0 Å². The van der Waals surface area contributed by atoms with Gasteiger partial charge in [-0.1, -0.05) is 33.6 Å². The van der Waals surface area contributed by atoms with Gasteiger partial charge in [-0.15, -0.1) is 0 Å². The van der Waals surface area contributed by atoms with Gasteiger partial charge in [-0.25, -0.2) is 0 Å². The summed E-state index contributed by atoms with van der Waals surface area (Å²) in [5.74, 6) is 0. The van der Waals surface area contributed by atoms with Crippen molar-refractivity contribution in [3.63, 3.8) is 0 Å². The first kappa shape index (κ1) is 12.9. The highest BCUT2D eigenvalue weighted by molar-refractivity contribution is 5.52. The Labute approximate surface area is 96.4 Å². The lowest BCUT2D eigenvalue weighted by Gasteiger charge is -2.17. The van der Waals surface area contributed by atoms with Crippen LogP contribution in [0.1, 0.15) is 52.0 Å². The molecule has 16 heavy (non-hydrogen) atoms. The first-order valence-electron chi connectivity index (χ1n) is 5.90. The molecule has 0 aliphatic heterocycles. The summed E-state index contributed by atoms with van der Waals surface area (Å²) in [6, 6.07) is 0. The smallest absolute Gasteiger partial charge is 0.249 e. The fourth-order valence-electron chi connectivity index (χ4n) is 1.84. The molecule has 1 aromatic rings. The van der Waals surface area contributed by atoms with E-state index in [2.05, 4.69) is 20.8 Å². The van der Waals surface area contributed by atoms with Gasteiger partial charge in [0.2, 0.25) is 10.9 Å². The van der Waals surface area contributed by atoms with Crippen molar-refractivity contribution in [1.82, 2.24) is 0 Å². The van der Waals surface area contributed by atoms with Crippen LogP contribution >= 0.6 is 0 Å². The van der Waals surface area contributed by atoms with E-state index in [-0.39, 0.29) is 11.1 Å². The average Bonchev–Trinajstić information content (AvgIpc) is 2.20. The quantitative estimate of drug-likeness (QED) is 0.613. The van der Waals surface area contributed by atoms with Crippen molar-refractivity contribution in [1.29, 1.82) is 0 Å². The van der Waals surface area contributed by atoms with Crippen molar-refractivity contribution >= 4 is 5.69 Å². The third kappa shape index (κ3) is 3.19. The maximum absolute atomic E-state index is 11.1. The molecular formula is C13H21NO2. The normalized spacial score (nSPS) is 12.2. The zero-order valence-electron chi connectivity index (χ0n) is 10.4. The molecule has 90 valence electrons. The van der Waals surface area contributed by atoms with E-state index >= 15 is 0 Å². The Hall–Kier alpha value is -1.12. The van der Waals surface area contributed by atoms with Crippen LogP contribution in [0.2, 0.25) is 0 Å². The van der Waals surface area contributed by atoms with Crippen LogP contribution in [-0.4, -0.2) is 0 Å². The molecule has 0 bridgehead atoms. The van der Waals surface area contributed by atoms with Gasteiger partial charge in [-0.3, -0.25) is 9.59 Å². The Bertz CT molecular complexity index is 420. The molecule has 0 aromatic heterocycles. The lowest BCUT2D eigenvalue weighted by Crippen LogP contribution is -2.38. The van der Waals surface area contributed by atoms with E-state index in [9.17, 15) is 9.59 Å². The van der Waals surface area contributed by atoms with Gasteiger partial charge in [0.1, 0.15) is 0 Å². The summed E-state index contributed by atoms with van der Waals surface area (Å²) in [6.45, 7) is 6.67. The van der Waals surface area contributed by atoms with Crippen LogP contribution in [0.15, 0.2) is 9.59 Å². The van der Waals surface area contributed by atoms with E-state index in [1.807, 2.05) is 0 Å². The number of nitrogens with two attached hydrogens (primary N) is 1. The molecule has 0 atom stereocenters. The van der Waals surface area contributed by atoms with E-state index in [1.54, 1.807) is 0 Å². The highest BCUT2D eigenvalue weighted by atomic mass is 16.2. The van der Waals surface area contributed by atoms with Gasteiger partial charge in [0, 0.05) is 5.56 Å². The summed E-state index contributed by atoms with van der Waals surface area (Å²) in [5, 5.41) is 0. The van der Waals surface area contributed by atoms with Crippen molar-refractivity contribution < 1.29 is 0 Å². The topological polar surface area (TPSA) is 60.2 Å². The minimum Gasteiger partial charge on any atom is -0.395 e. The predicted molar refractivity (Wildman–Crippen MR) is 67.4 cm³/mol. The minimum absolute atomic E-state index is 0.195. The molecule has 0 saturated heterocycles.